The highest BCUT2D eigenvalue weighted by molar-refractivity contribution is 5.89. The highest BCUT2D eigenvalue weighted by Gasteiger charge is 2.11. The normalized spacial score (nSPS) is 10.9. The number of benzene rings is 2. The van der Waals surface area contributed by atoms with Crippen molar-refractivity contribution < 1.29 is 19.0 Å². The Morgan fingerprint density at radius 3 is 2.41 bits per heavy atom. The maximum absolute atomic E-state index is 11.9. The van der Waals surface area contributed by atoms with Gasteiger partial charge in [-0.3, -0.25) is 0 Å². The predicted molar refractivity (Wildman–Crippen MR) is 125 cm³/mol. The summed E-state index contributed by atoms with van der Waals surface area (Å²) in [5, 5.41) is 4.38. The number of ether oxygens (including phenoxy) is 3. The molecule has 0 saturated carbocycles. The SMILES string of the molecule is CCOC(=O)c1ccc(-n2c(C)cc(/C=N/NCc3ccc(OC)c(OC)c3)c2C)cc1. The van der Waals surface area contributed by atoms with E-state index >= 15 is 0 Å². The second-order valence-electron chi connectivity index (χ2n) is 7.21. The fourth-order valence-electron chi connectivity index (χ4n) is 3.52. The number of nitrogens with one attached hydrogen (secondary N) is 1. The maximum atomic E-state index is 11.9. The molecule has 0 aliphatic heterocycles. The Bertz CT molecular complexity index is 1100. The van der Waals surface area contributed by atoms with Crippen molar-refractivity contribution in [2.75, 3.05) is 20.8 Å². The molecule has 0 unspecified atom stereocenters. The molecule has 0 aliphatic rings. The number of esters is 1. The van der Waals surface area contributed by atoms with Gasteiger partial charge in [-0.05, 0) is 68.8 Å². The number of hydrazone groups is 1. The topological polar surface area (TPSA) is 74.1 Å². The van der Waals surface area contributed by atoms with Crippen molar-refractivity contribution in [2.24, 2.45) is 5.10 Å². The third-order valence-corrected chi connectivity index (χ3v) is 5.13. The van der Waals surface area contributed by atoms with Gasteiger partial charge >= 0.3 is 5.97 Å². The van der Waals surface area contributed by atoms with E-state index in [-0.39, 0.29) is 5.97 Å². The Kier molecular flexibility index (Phi) is 7.54. The number of aryl methyl sites for hydroxylation is 1. The molecule has 7 heteroatoms. The van der Waals surface area contributed by atoms with Crippen LogP contribution in [0.3, 0.4) is 0 Å². The third kappa shape index (κ3) is 5.11. The molecule has 1 heterocycles. The molecular weight excluding hydrogens is 406 g/mol. The lowest BCUT2D eigenvalue weighted by atomic mass is 10.2. The number of aromatic nitrogens is 1. The molecule has 3 rings (SSSR count). The van der Waals surface area contributed by atoms with Crippen molar-refractivity contribution in [3.8, 4) is 17.2 Å². The summed E-state index contributed by atoms with van der Waals surface area (Å²) in [7, 11) is 3.23. The van der Waals surface area contributed by atoms with Gasteiger partial charge in [0, 0.05) is 22.6 Å². The van der Waals surface area contributed by atoms with Crippen LogP contribution in [-0.4, -0.2) is 37.6 Å². The molecule has 0 aliphatic carbocycles. The van der Waals surface area contributed by atoms with Crippen molar-refractivity contribution in [3.63, 3.8) is 0 Å². The predicted octanol–water partition coefficient (Wildman–Crippen LogP) is 4.41. The number of rotatable bonds is 9. The second kappa shape index (κ2) is 10.5. The molecule has 32 heavy (non-hydrogen) atoms. The van der Waals surface area contributed by atoms with E-state index in [1.54, 1.807) is 33.3 Å². The summed E-state index contributed by atoms with van der Waals surface area (Å²) in [5.74, 6) is 1.07. The lowest BCUT2D eigenvalue weighted by Crippen LogP contribution is -2.06. The smallest absolute Gasteiger partial charge is 0.338 e. The maximum Gasteiger partial charge on any atom is 0.338 e. The van der Waals surface area contributed by atoms with Crippen molar-refractivity contribution >= 4 is 12.2 Å². The van der Waals surface area contributed by atoms with Crippen LogP contribution in [0.25, 0.3) is 5.69 Å². The summed E-state index contributed by atoms with van der Waals surface area (Å²) >= 11 is 0. The van der Waals surface area contributed by atoms with Crippen LogP contribution >= 0.6 is 0 Å². The average molecular weight is 436 g/mol. The van der Waals surface area contributed by atoms with Crippen LogP contribution in [0, 0.1) is 13.8 Å². The van der Waals surface area contributed by atoms with E-state index in [4.69, 9.17) is 14.2 Å². The molecule has 1 N–H and O–H groups in total. The monoisotopic (exact) mass is 435 g/mol. The van der Waals surface area contributed by atoms with Crippen LogP contribution in [0.15, 0.2) is 53.6 Å². The quantitative estimate of drug-likeness (QED) is 0.306. The van der Waals surface area contributed by atoms with Crippen molar-refractivity contribution in [1.29, 1.82) is 0 Å². The van der Waals surface area contributed by atoms with Gasteiger partial charge in [0.25, 0.3) is 0 Å². The summed E-state index contributed by atoms with van der Waals surface area (Å²) in [4.78, 5) is 11.9. The molecule has 0 bridgehead atoms. The largest absolute Gasteiger partial charge is 0.493 e. The highest BCUT2D eigenvalue weighted by Crippen LogP contribution is 2.27. The summed E-state index contributed by atoms with van der Waals surface area (Å²) in [6, 6.07) is 15.2. The average Bonchev–Trinajstić information content (AvgIpc) is 3.09. The Hall–Kier alpha value is -3.74. The zero-order valence-electron chi connectivity index (χ0n) is 19.1. The molecule has 0 saturated heterocycles. The van der Waals surface area contributed by atoms with Crippen LogP contribution in [0.1, 0.15) is 39.8 Å². The van der Waals surface area contributed by atoms with E-state index in [1.807, 2.05) is 50.4 Å². The summed E-state index contributed by atoms with van der Waals surface area (Å²) < 4.78 is 17.8. The Labute approximate surface area is 188 Å². The number of hydrogen-bond acceptors (Lipinski definition) is 6. The molecule has 3 aromatic rings. The third-order valence-electron chi connectivity index (χ3n) is 5.13. The van der Waals surface area contributed by atoms with E-state index in [9.17, 15) is 4.79 Å². The van der Waals surface area contributed by atoms with Gasteiger partial charge in [0.1, 0.15) is 0 Å². The first kappa shape index (κ1) is 22.9. The summed E-state index contributed by atoms with van der Waals surface area (Å²) in [5.41, 5.74) is 8.78. The van der Waals surface area contributed by atoms with Gasteiger partial charge in [-0.15, -0.1) is 0 Å². The standard InChI is InChI=1S/C25H29N3O4/c1-6-32-25(29)20-8-10-22(11-9-20)28-17(2)13-21(18(28)3)16-27-26-15-19-7-12-23(30-4)24(14-19)31-5/h7-14,16,26H,6,15H2,1-5H3/b27-16+. The second-order valence-corrected chi connectivity index (χ2v) is 7.21. The Morgan fingerprint density at radius 1 is 1.03 bits per heavy atom. The fourth-order valence-corrected chi connectivity index (χ4v) is 3.52. The zero-order valence-corrected chi connectivity index (χ0v) is 19.1. The van der Waals surface area contributed by atoms with Crippen LogP contribution in [0.2, 0.25) is 0 Å². The van der Waals surface area contributed by atoms with Gasteiger partial charge in [-0.25, -0.2) is 4.79 Å². The van der Waals surface area contributed by atoms with Crippen LogP contribution in [0.4, 0.5) is 0 Å². The van der Waals surface area contributed by atoms with Gasteiger partial charge in [0.2, 0.25) is 0 Å². The molecule has 0 fully saturated rings. The molecular formula is C25H29N3O4. The van der Waals surface area contributed by atoms with E-state index in [2.05, 4.69) is 21.2 Å². The molecule has 7 nitrogen and oxygen atoms in total. The van der Waals surface area contributed by atoms with Gasteiger partial charge in [0.05, 0.1) is 39.1 Å². The zero-order chi connectivity index (χ0) is 23.1. The van der Waals surface area contributed by atoms with Crippen LogP contribution in [0.5, 0.6) is 11.5 Å². The lowest BCUT2D eigenvalue weighted by Gasteiger charge is -2.10. The summed E-state index contributed by atoms with van der Waals surface area (Å²) in [6.45, 7) is 6.80. The molecule has 0 radical (unpaired) electrons. The highest BCUT2D eigenvalue weighted by atomic mass is 16.5. The number of nitrogens with zero attached hydrogens (tertiary/aromatic N) is 2. The number of methoxy groups -OCH3 is 2. The Balaban J connectivity index is 1.69. The minimum Gasteiger partial charge on any atom is -0.493 e. The van der Waals surface area contributed by atoms with Gasteiger partial charge in [-0.1, -0.05) is 6.07 Å². The Morgan fingerprint density at radius 2 is 1.75 bits per heavy atom. The first-order chi connectivity index (χ1) is 15.5. The van der Waals surface area contributed by atoms with Crippen molar-refractivity contribution in [1.82, 2.24) is 9.99 Å². The molecule has 0 spiro atoms. The van der Waals surface area contributed by atoms with Gasteiger partial charge < -0.3 is 24.2 Å². The first-order valence-electron chi connectivity index (χ1n) is 10.4. The fraction of sp³-hybridized carbons (Fsp3) is 0.280. The number of carbonyl (C=O) groups excluding carboxylic acids is 1. The van der Waals surface area contributed by atoms with E-state index in [1.165, 1.54) is 0 Å². The van der Waals surface area contributed by atoms with Crippen LogP contribution < -0.4 is 14.9 Å². The lowest BCUT2D eigenvalue weighted by molar-refractivity contribution is 0.0526. The van der Waals surface area contributed by atoms with Crippen molar-refractivity contribution in [3.05, 3.63) is 76.6 Å². The molecule has 2 aromatic carbocycles. The minimum atomic E-state index is -0.312. The van der Waals surface area contributed by atoms with Gasteiger partial charge in [0.15, 0.2) is 11.5 Å². The number of carbonyl (C=O) groups is 1. The molecule has 0 atom stereocenters. The summed E-state index contributed by atoms with van der Waals surface area (Å²) in [6.07, 6.45) is 1.81. The molecule has 168 valence electrons. The van der Waals surface area contributed by atoms with Crippen LogP contribution in [-0.2, 0) is 11.3 Å². The van der Waals surface area contributed by atoms with E-state index in [0.717, 1.165) is 28.2 Å². The molecule has 1 aromatic heterocycles. The first-order valence-corrected chi connectivity index (χ1v) is 10.4. The number of hydrogen-bond donors (Lipinski definition) is 1. The van der Waals surface area contributed by atoms with Gasteiger partial charge in [-0.2, -0.15) is 5.10 Å². The van der Waals surface area contributed by atoms with E-state index in [0.29, 0.717) is 30.2 Å². The van der Waals surface area contributed by atoms with E-state index < -0.39 is 0 Å². The minimum absolute atomic E-state index is 0.312. The van der Waals surface area contributed by atoms with Crippen molar-refractivity contribution in [2.45, 2.75) is 27.3 Å². The molecule has 0 amide bonds.